The average molecular weight is 273 g/mol. The minimum atomic E-state index is -0.614. The SMILES string of the molecule is COC(=O)C(N)Cc1cn(C)c2cc3c(cc12)CNC3. The van der Waals surface area contributed by atoms with Crippen molar-refractivity contribution in [3.05, 3.63) is 35.0 Å². The molecule has 0 bridgehead atoms. The van der Waals surface area contributed by atoms with Gasteiger partial charge in [0.05, 0.1) is 7.11 Å². The van der Waals surface area contributed by atoms with Crippen LogP contribution in [0.2, 0.25) is 0 Å². The summed E-state index contributed by atoms with van der Waals surface area (Å²) in [7, 11) is 3.38. The Morgan fingerprint density at radius 1 is 1.45 bits per heavy atom. The normalized spacial score (nSPS) is 15.3. The van der Waals surface area contributed by atoms with E-state index in [-0.39, 0.29) is 5.97 Å². The van der Waals surface area contributed by atoms with Gasteiger partial charge in [-0.2, -0.15) is 0 Å². The lowest BCUT2D eigenvalue weighted by Gasteiger charge is -2.08. The van der Waals surface area contributed by atoms with E-state index < -0.39 is 6.04 Å². The summed E-state index contributed by atoms with van der Waals surface area (Å²) in [6.07, 6.45) is 2.55. The topological polar surface area (TPSA) is 69.3 Å². The lowest BCUT2D eigenvalue weighted by Crippen LogP contribution is -2.33. The van der Waals surface area contributed by atoms with Gasteiger partial charge in [0.25, 0.3) is 0 Å². The predicted molar refractivity (Wildman–Crippen MR) is 77.2 cm³/mol. The van der Waals surface area contributed by atoms with E-state index in [0.717, 1.165) is 18.7 Å². The molecular weight excluding hydrogens is 254 g/mol. The summed E-state index contributed by atoms with van der Waals surface area (Å²) >= 11 is 0. The highest BCUT2D eigenvalue weighted by Gasteiger charge is 2.19. The first-order valence-electron chi connectivity index (χ1n) is 6.74. The van der Waals surface area contributed by atoms with Gasteiger partial charge >= 0.3 is 5.97 Å². The molecule has 0 fully saturated rings. The average Bonchev–Trinajstić information content (AvgIpc) is 3.01. The number of esters is 1. The third-order valence-corrected chi connectivity index (χ3v) is 3.97. The Hall–Kier alpha value is -1.85. The van der Waals surface area contributed by atoms with Crippen molar-refractivity contribution in [2.75, 3.05) is 7.11 Å². The van der Waals surface area contributed by atoms with Crippen LogP contribution in [0.4, 0.5) is 0 Å². The number of nitrogens with one attached hydrogen (secondary N) is 1. The summed E-state index contributed by atoms with van der Waals surface area (Å²) in [6, 6.07) is 3.82. The summed E-state index contributed by atoms with van der Waals surface area (Å²) < 4.78 is 6.79. The van der Waals surface area contributed by atoms with Crippen molar-refractivity contribution in [3.63, 3.8) is 0 Å². The van der Waals surface area contributed by atoms with Crippen molar-refractivity contribution < 1.29 is 9.53 Å². The zero-order valence-corrected chi connectivity index (χ0v) is 11.8. The molecule has 0 radical (unpaired) electrons. The first-order chi connectivity index (χ1) is 9.60. The van der Waals surface area contributed by atoms with Gasteiger partial charge in [-0.15, -0.1) is 0 Å². The second kappa shape index (κ2) is 4.92. The number of aromatic nitrogens is 1. The molecule has 2 heterocycles. The Bertz CT molecular complexity index is 675. The second-order valence-electron chi connectivity index (χ2n) is 5.34. The Morgan fingerprint density at radius 3 is 2.85 bits per heavy atom. The minimum absolute atomic E-state index is 0.371. The molecule has 5 heteroatoms. The van der Waals surface area contributed by atoms with Crippen LogP contribution in [0.3, 0.4) is 0 Å². The van der Waals surface area contributed by atoms with Gasteiger partial charge in [-0.05, 0) is 28.8 Å². The molecule has 1 aromatic heterocycles. The van der Waals surface area contributed by atoms with E-state index in [9.17, 15) is 4.79 Å². The van der Waals surface area contributed by atoms with Gasteiger partial charge in [0.1, 0.15) is 6.04 Å². The highest BCUT2D eigenvalue weighted by molar-refractivity contribution is 5.87. The van der Waals surface area contributed by atoms with Crippen LogP contribution in [-0.4, -0.2) is 23.7 Å². The van der Waals surface area contributed by atoms with Crippen molar-refractivity contribution in [1.82, 2.24) is 9.88 Å². The Balaban J connectivity index is 2.01. The highest BCUT2D eigenvalue weighted by atomic mass is 16.5. The quantitative estimate of drug-likeness (QED) is 0.813. The van der Waals surface area contributed by atoms with Gasteiger partial charge in [0.2, 0.25) is 0 Å². The number of hydrogen-bond donors (Lipinski definition) is 2. The highest BCUT2D eigenvalue weighted by Crippen LogP contribution is 2.27. The molecule has 1 aliphatic heterocycles. The van der Waals surface area contributed by atoms with Crippen LogP contribution in [0, 0.1) is 0 Å². The molecule has 1 atom stereocenters. The fraction of sp³-hybridized carbons (Fsp3) is 0.400. The zero-order chi connectivity index (χ0) is 14.3. The maximum Gasteiger partial charge on any atom is 0.322 e. The van der Waals surface area contributed by atoms with Gasteiger partial charge in [-0.1, -0.05) is 0 Å². The molecule has 3 rings (SSSR count). The molecule has 3 N–H and O–H groups in total. The van der Waals surface area contributed by atoms with Crippen LogP contribution in [0.1, 0.15) is 16.7 Å². The summed E-state index contributed by atoms with van der Waals surface area (Å²) in [5.41, 5.74) is 10.8. The molecule has 0 saturated carbocycles. The third-order valence-electron chi connectivity index (χ3n) is 3.97. The predicted octanol–water partition coefficient (Wildman–Crippen LogP) is 0.824. The van der Waals surface area contributed by atoms with Crippen LogP contribution in [0.15, 0.2) is 18.3 Å². The van der Waals surface area contributed by atoms with Crippen LogP contribution >= 0.6 is 0 Å². The standard InChI is InChI=1S/C15H19N3O2/c1-18-8-11(4-13(16)15(19)20-2)12-3-9-6-17-7-10(9)5-14(12)18/h3,5,8,13,17H,4,6-7,16H2,1-2H3. The number of rotatable bonds is 3. The molecule has 1 aliphatic rings. The number of benzene rings is 1. The first kappa shape index (κ1) is 13.1. The molecule has 1 unspecified atom stereocenters. The maximum absolute atomic E-state index is 11.5. The van der Waals surface area contributed by atoms with Gasteiger partial charge in [0.15, 0.2) is 0 Å². The van der Waals surface area contributed by atoms with Crippen molar-refractivity contribution in [2.24, 2.45) is 12.8 Å². The number of aryl methyl sites for hydroxylation is 1. The molecule has 0 saturated heterocycles. The van der Waals surface area contributed by atoms with Gasteiger partial charge in [-0.3, -0.25) is 4.79 Å². The summed E-state index contributed by atoms with van der Waals surface area (Å²) in [6.45, 7) is 1.83. The number of ether oxygens (including phenoxy) is 1. The lowest BCUT2D eigenvalue weighted by atomic mass is 10.0. The van der Waals surface area contributed by atoms with E-state index in [4.69, 9.17) is 10.5 Å². The van der Waals surface area contributed by atoms with Crippen LogP contribution in [0.25, 0.3) is 10.9 Å². The second-order valence-corrected chi connectivity index (χ2v) is 5.34. The Morgan fingerprint density at radius 2 is 2.15 bits per heavy atom. The largest absolute Gasteiger partial charge is 0.468 e. The molecular formula is C15H19N3O2. The van der Waals surface area contributed by atoms with Gasteiger partial charge in [0, 0.05) is 43.7 Å². The van der Waals surface area contributed by atoms with Crippen molar-refractivity contribution in [1.29, 1.82) is 0 Å². The van der Waals surface area contributed by atoms with Gasteiger partial charge < -0.3 is 20.4 Å². The maximum atomic E-state index is 11.5. The summed E-state index contributed by atoms with van der Waals surface area (Å²) in [4.78, 5) is 11.5. The van der Waals surface area contributed by atoms with Crippen molar-refractivity contribution >= 4 is 16.9 Å². The number of fused-ring (bicyclic) bond motifs is 2. The lowest BCUT2D eigenvalue weighted by molar-refractivity contribution is -0.142. The van der Waals surface area contributed by atoms with Crippen LogP contribution in [-0.2, 0) is 36.1 Å². The molecule has 0 spiro atoms. The van der Waals surface area contributed by atoms with E-state index in [2.05, 4.69) is 28.2 Å². The third kappa shape index (κ3) is 2.09. The molecule has 0 aliphatic carbocycles. The molecule has 5 nitrogen and oxygen atoms in total. The Kier molecular flexibility index (Phi) is 3.23. The molecule has 106 valence electrons. The molecule has 1 aromatic carbocycles. The van der Waals surface area contributed by atoms with E-state index in [0.29, 0.717) is 6.42 Å². The van der Waals surface area contributed by atoms with Crippen LogP contribution in [0.5, 0.6) is 0 Å². The number of nitrogens with zero attached hydrogens (tertiary/aromatic N) is 1. The fourth-order valence-corrected chi connectivity index (χ4v) is 2.89. The van der Waals surface area contributed by atoms with E-state index in [1.807, 2.05) is 7.05 Å². The minimum Gasteiger partial charge on any atom is -0.468 e. The number of methoxy groups -OCH3 is 1. The number of hydrogen-bond acceptors (Lipinski definition) is 4. The van der Waals surface area contributed by atoms with E-state index in [1.165, 1.54) is 29.1 Å². The van der Waals surface area contributed by atoms with Gasteiger partial charge in [-0.25, -0.2) is 0 Å². The first-order valence-corrected chi connectivity index (χ1v) is 6.74. The molecule has 0 amide bonds. The summed E-state index contributed by atoms with van der Waals surface area (Å²) in [5, 5.41) is 4.53. The van der Waals surface area contributed by atoms with Crippen LogP contribution < -0.4 is 11.1 Å². The zero-order valence-electron chi connectivity index (χ0n) is 11.8. The monoisotopic (exact) mass is 273 g/mol. The molecule has 20 heavy (non-hydrogen) atoms. The number of carbonyl (C=O) groups is 1. The fourth-order valence-electron chi connectivity index (χ4n) is 2.89. The van der Waals surface area contributed by atoms with Crippen molar-refractivity contribution in [3.8, 4) is 0 Å². The van der Waals surface area contributed by atoms with E-state index in [1.54, 1.807) is 0 Å². The number of carbonyl (C=O) groups excluding carboxylic acids is 1. The smallest absolute Gasteiger partial charge is 0.322 e. The van der Waals surface area contributed by atoms with E-state index >= 15 is 0 Å². The Labute approximate surface area is 117 Å². The molecule has 2 aromatic rings. The van der Waals surface area contributed by atoms with Crippen molar-refractivity contribution in [2.45, 2.75) is 25.6 Å². The number of nitrogens with two attached hydrogens (primary N) is 1. The summed E-state index contributed by atoms with van der Waals surface area (Å²) in [5.74, 6) is -0.371.